The van der Waals surface area contributed by atoms with Crippen LogP contribution in [0, 0.1) is 34.5 Å². The Balaban J connectivity index is 1.59. The van der Waals surface area contributed by atoms with E-state index in [2.05, 4.69) is 19.9 Å². The minimum absolute atomic E-state index is 0.0592. The van der Waals surface area contributed by atoms with Crippen molar-refractivity contribution in [1.82, 2.24) is 0 Å². The minimum Gasteiger partial charge on any atom is -0.451 e. The fourth-order valence-corrected chi connectivity index (χ4v) is 7.89. The number of ether oxygens (including phenoxy) is 2. The highest BCUT2D eigenvalue weighted by atomic mass is 16.6. The Morgan fingerprint density at radius 1 is 1.19 bits per heavy atom. The Hall–Kier alpha value is -2.58. The number of esters is 1. The second kappa shape index (κ2) is 12.6. The highest BCUT2D eigenvalue weighted by molar-refractivity contribution is 5.96. The van der Waals surface area contributed by atoms with Gasteiger partial charge in [-0.05, 0) is 67.9 Å². The molecule has 0 aromatic carbocycles. The molecular formula is C35H48O7. The lowest BCUT2D eigenvalue weighted by molar-refractivity contribution is -0.201. The summed E-state index contributed by atoms with van der Waals surface area (Å²) in [6, 6.07) is 0. The Bertz CT molecular complexity index is 1240. The van der Waals surface area contributed by atoms with Crippen LogP contribution >= 0.6 is 0 Å². The molecule has 0 saturated heterocycles. The summed E-state index contributed by atoms with van der Waals surface area (Å²) in [5, 5.41) is 34.5. The number of fused-ring (bicyclic) bond motifs is 3. The molecule has 230 valence electrons. The van der Waals surface area contributed by atoms with Gasteiger partial charge >= 0.3 is 5.97 Å². The summed E-state index contributed by atoms with van der Waals surface area (Å²) >= 11 is 0. The van der Waals surface area contributed by atoms with Crippen LogP contribution in [0.1, 0.15) is 60.8 Å². The van der Waals surface area contributed by atoms with Gasteiger partial charge in [-0.1, -0.05) is 81.9 Å². The summed E-state index contributed by atoms with van der Waals surface area (Å²) in [7, 11) is 0. The molecular weight excluding hydrogens is 532 g/mol. The summed E-state index contributed by atoms with van der Waals surface area (Å²) in [5.41, 5.74) is -2.82. The standard InChI is InChI=1S/C35H48O7/c1-7-9-10-11-12-13-14-15-16-41-21-33(6)27-17-24(5)34-19-23(4)31(42-32(39)22(3)8-2)35(34,40)29(37)25(20-36)18-26(28(27)33)30(34)38/h8,10-15,18-19,24,26-29,31,36-37,40H,7,9,16-17,20-21H2,1-6H3/b11-10-,13-12+,15-14-,22-8-/t24-,26+,27-,28+,29-,31+,33-,34+,35+/m1/s1. The first-order valence-corrected chi connectivity index (χ1v) is 15.3. The van der Waals surface area contributed by atoms with E-state index in [9.17, 15) is 24.9 Å². The number of hydrogen-bond donors (Lipinski definition) is 3. The molecule has 0 aromatic heterocycles. The third kappa shape index (κ3) is 5.12. The van der Waals surface area contributed by atoms with Crippen molar-refractivity contribution in [1.29, 1.82) is 0 Å². The SMILES string of the molecule is C/C=C(/C)C(=O)O[C@H]1C(C)=C[C@]23C(=O)[C@@H](C=C(CO)[C@@H](O)[C@]12O)[C@H]1[C@@H](C[C@H]3C)[C@@]1(C)COC\C=C/C=C/C=C\CCC. The van der Waals surface area contributed by atoms with Crippen molar-refractivity contribution < 1.29 is 34.4 Å². The molecule has 4 aliphatic rings. The quantitative estimate of drug-likeness (QED) is 0.106. The van der Waals surface area contributed by atoms with Crippen LogP contribution in [0.5, 0.6) is 0 Å². The van der Waals surface area contributed by atoms with E-state index in [0.717, 1.165) is 12.8 Å². The van der Waals surface area contributed by atoms with E-state index >= 15 is 0 Å². The molecule has 4 aliphatic carbocycles. The summed E-state index contributed by atoms with van der Waals surface area (Å²) < 4.78 is 11.9. The molecule has 0 aromatic rings. The molecule has 42 heavy (non-hydrogen) atoms. The summed E-state index contributed by atoms with van der Waals surface area (Å²) in [4.78, 5) is 27.5. The fraction of sp³-hybridized carbons (Fsp3) is 0.600. The highest BCUT2D eigenvalue weighted by Gasteiger charge is 2.77. The van der Waals surface area contributed by atoms with Crippen LogP contribution in [0.15, 0.2) is 71.4 Å². The van der Waals surface area contributed by atoms with Crippen LogP contribution in [-0.4, -0.2) is 64.7 Å². The van der Waals surface area contributed by atoms with E-state index in [4.69, 9.17) is 9.47 Å². The van der Waals surface area contributed by atoms with Gasteiger partial charge in [-0.15, -0.1) is 0 Å². The van der Waals surface area contributed by atoms with E-state index in [-0.39, 0.29) is 34.5 Å². The average molecular weight is 581 g/mol. The van der Waals surface area contributed by atoms with Crippen LogP contribution in [0.4, 0.5) is 0 Å². The number of hydrogen-bond acceptors (Lipinski definition) is 7. The van der Waals surface area contributed by atoms with E-state index in [0.29, 0.717) is 30.8 Å². The molecule has 0 amide bonds. The van der Waals surface area contributed by atoms with Gasteiger partial charge in [-0.25, -0.2) is 4.79 Å². The molecule has 2 saturated carbocycles. The van der Waals surface area contributed by atoms with Crippen molar-refractivity contribution in [3.63, 3.8) is 0 Å². The number of unbranched alkanes of at least 4 members (excludes halogenated alkanes) is 1. The minimum atomic E-state index is -2.14. The van der Waals surface area contributed by atoms with Crippen LogP contribution in [0.3, 0.4) is 0 Å². The average Bonchev–Trinajstić information content (AvgIpc) is 3.50. The number of aliphatic hydroxyl groups is 3. The second-order valence-electron chi connectivity index (χ2n) is 12.9. The molecule has 1 spiro atoms. The van der Waals surface area contributed by atoms with Gasteiger partial charge in [-0.2, -0.15) is 0 Å². The topological polar surface area (TPSA) is 113 Å². The number of aliphatic hydroxyl groups excluding tert-OH is 2. The highest BCUT2D eigenvalue weighted by Crippen LogP contribution is 2.72. The van der Waals surface area contributed by atoms with E-state index in [1.807, 2.05) is 37.3 Å². The number of carbonyl (C=O) groups excluding carboxylic acids is 2. The van der Waals surface area contributed by atoms with Crippen molar-refractivity contribution in [3.05, 3.63) is 71.4 Å². The Morgan fingerprint density at radius 2 is 1.88 bits per heavy atom. The van der Waals surface area contributed by atoms with Crippen LogP contribution in [0.25, 0.3) is 0 Å². The third-order valence-electron chi connectivity index (χ3n) is 10.4. The monoisotopic (exact) mass is 580 g/mol. The molecule has 9 atom stereocenters. The van der Waals surface area contributed by atoms with Gasteiger partial charge in [0.1, 0.15) is 6.10 Å². The van der Waals surface area contributed by atoms with Crippen LogP contribution in [-0.2, 0) is 19.1 Å². The van der Waals surface area contributed by atoms with Crippen molar-refractivity contribution in [2.75, 3.05) is 19.8 Å². The maximum absolute atomic E-state index is 14.6. The molecule has 0 radical (unpaired) electrons. The largest absolute Gasteiger partial charge is 0.451 e. The molecule has 0 unspecified atom stereocenters. The van der Waals surface area contributed by atoms with E-state index in [1.165, 1.54) is 0 Å². The van der Waals surface area contributed by atoms with Gasteiger partial charge in [0, 0.05) is 11.5 Å². The third-order valence-corrected chi connectivity index (χ3v) is 10.4. The number of allylic oxidation sites excluding steroid dienone is 7. The number of rotatable bonds is 11. The van der Waals surface area contributed by atoms with Crippen LogP contribution in [0.2, 0.25) is 0 Å². The Labute approximate surface area is 250 Å². The second-order valence-corrected chi connectivity index (χ2v) is 12.9. The maximum Gasteiger partial charge on any atom is 0.334 e. The molecule has 2 bridgehead atoms. The predicted molar refractivity (Wildman–Crippen MR) is 162 cm³/mol. The predicted octanol–water partition coefficient (Wildman–Crippen LogP) is 4.80. The van der Waals surface area contributed by atoms with Crippen molar-refractivity contribution in [2.45, 2.75) is 78.6 Å². The molecule has 0 heterocycles. The molecule has 3 N–H and O–H groups in total. The van der Waals surface area contributed by atoms with E-state index in [1.54, 1.807) is 39.0 Å². The normalized spacial score (nSPS) is 39.6. The number of ketones is 1. The lowest BCUT2D eigenvalue weighted by Gasteiger charge is -2.48. The van der Waals surface area contributed by atoms with Gasteiger partial charge in [0.15, 0.2) is 17.5 Å². The van der Waals surface area contributed by atoms with Gasteiger partial charge in [0.25, 0.3) is 0 Å². The van der Waals surface area contributed by atoms with Gasteiger partial charge < -0.3 is 24.8 Å². The molecule has 7 heteroatoms. The Morgan fingerprint density at radius 3 is 2.52 bits per heavy atom. The smallest absolute Gasteiger partial charge is 0.334 e. The zero-order valence-electron chi connectivity index (χ0n) is 25.9. The van der Waals surface area contributed by atoms with Crippen molar-refractivity contribution in [2.24, 2.45) is 34.5 Å². The van der Waals surface area contributed by atoms with Gasteiger partial charge in [0.05, 0.1) is 25.2 Å². The summed E-state index contributed by atoms with van der Waals surface area (Å²) in [6.07, 6.45) is 17.1. The fourth-order valence-electron chi connectivity index (χ4n) is 7.89. The van der Waals surface area contributed by atoms with Crippen molar-refractivity contribution in [3.8, 4) is 0 Å². The van der Waals surface area contributed by atoms with E-state index < -0.39 is 41.7 Å². The number of Topliss-reactive ketones (excluding diaryl/α,β-unsaturated/α-hetero) is 1. The first-order valence-electron chi connectivity index (χ1n) is 15.3. The first kappa shape index (κ1) is 32.3. The molecule has 0 aliphatic heterocycles. The summed E-state index contributed by atoms with van der Waals surface area (Å²) in [6.45, 7) is 11.7. The van der Waals surface area contributed by atoms with Crippen LogP contribution < -0.4 is 0 Å². The Kier molecular flexibility index (Phi) is 9.68. The zero-order chi connectivity index (χ0) is 30.9. The maximum atomic E-state index is 14.6. The lowest BCUT2D eigenvalue weighted by atomic mass is 9.59. The zero-order valence-corrected chi connectivity index (χ0v) is 25.9. The molecule has 2 fully saturated rings. The molecule has 7 nitrogen and oxygen atoms in total. The van der Waals surface area contributed by atoms with Crippen molar-refractivity contribution >= 4 is 11.8 Å². The lowest BCUT2D eigenvalue weighted by Crippen LogP contribution is -2.65. The number of carbonyl (C=O) groups is 2. The molecule has 4 rings (SSSR count). The van der Waals surface area contributed by atoms with Gasteiger partial charge in [0.2, 0.25) is 0 Å². The first-order chi connectivity index (χ1) is 19.9. The van der Waals surface area contributed by atoms with Gasteiger partial charge in [-0.3, -0.25) is 4.79 Å². The summed E-state index contributed by atoms with van der Waals surface area (Å²) in [5.74, 6) is -1.70.